The monoisotopic (exact) mass is 403 g/mol. The number of benzene rings is 2. The molecular formula is C24H25N3O3. The van der Waals surface area contributed by atoms with Crippen molar-refractivity contribution < 1.29 is 14.1 Å². The lowest BCUT2D eigenvalue weighted by Crippen LogP contribution is -2.29. The molecule has 0 saturated carbocycles. The zero-order valence-electron chi connectivity index (χ0n) is 17.4. The molecule has 30 heavy (non-hydrogen) atoms. The van der Waals surface area contributed by atoms with Gasteiger partial charge in [-0.05, 0) is 36.2 Å². The van der Waals surface area contributed by atoms with Crippen molar-refractivity contribution in [3.05, 3.63) is 82.9 Å². The number of aryl methyl sites for hydroxylation is 2. The summed E-state index contributed by atoms with van der Waals surface area (Å²) in [5.74, 6) is 1.22. The topological polar surface area (TPSA) is 80.2 Å². The summed E-state index contributed by atoms with van der Waals surface area (Å²) < 4.78 is 10.6. The predicted octanol–water partition coefficient (Wildman–Crippen LogP) is 4.60. The summed E-state index contributed by atoms with van der Waals surface area (Å²) in [4.78, 5) is 16.3. The lowest BCUT2D eigenvalue weighted by atomic mass is 9.90. The number of carbonyl (C=O) groups excluding carboxylic acids is 1. The Hall–Kier alpha value is -3.54. The van der Waals surface area contributed by atoms with E-state index in [-0.39, 0.29) is 11.8 Å². The number of hydrogen-bond acceptors (Lipinski definition) is 4. The number of aromatic nitrogens is 2. The molecule has 6 nitrogen and oxygen atoms in total. The van der Waals surface area contributed by atoms with Crippen LogP contribution in [0.25, 0.3) is 10.9 Å². The quantitative estimate of drug-likeness (QED) is 0.473. The maximum absolute atomic E-state index is 12.9. The van der Waals surface area contributed by atoms with Gasteiger partial charge in [-0.15, -0.1) is 0 Å². The van der Waals surface area contributed by atoms with E-state index in [4.69, 9.17) is 9.26 Å². The number of nitrogens with zero attached hydrogens (tertiary/aromatic N) is 1. The third kappa shape index (κ3) is 3.68. The predicted molar refractivity (Wildman–Crippen MR) is 116 cm³/mol. The molecule has 0 saturated heterocycles. The van der Waals surface area contributed by atoms with E-state index < -0.39 is 0 Å². The lowest BCUT2D eigenvalue weighted by molar-refractivity contribution is 0.0950. The summed E-state index contributed by atoms with van der Waals surface area (Å²) in [6.07, 6.45) is 2.64. The molecule has 6 heteroatoms. The van der Waals surface area contributed by atoms with E-state index >= 15 is 0 Å². The van der Waals surface area contributed by atoms with Crippen LogP contribution in [0, 0.1) is 6.92 Å². The van der Waals surface area contributed by atoms with Gasteiger partial charge >= 0.3 is 0 Å². The van der Waals surface area contributed by atoms with Crippen LogP contribution in [0.2, 0.25) is 0 Å². The fraction of sp³-hybridized carbons (Fsp3) is 0.250. The first-order chi connectivity index (χ1) is 14.6. The molecule has 0 spiro atoms. The van der Waals surface area contributed by atoms with Crippen molar-refractivity contribution >= 4 is 16.8 Å². The molecule has 0 radical (unpaired) electrons. The van der Waals surface area contributed by atoms with E-state index in [0.717, 1.165) is 27.8 Å². The maximum Gasteiger partial charge on any atom is 0.256 e. The number of methoxy groups -OCH3 is 1. The first-order valence-electron chi connectivity index (χ1n) is 10.1. The molecule has 4 rings (SSSR count). The summed E-state index contributed by atoms with van der Waals surface area (Å²) in [6.45, 7) is 4.18. The molecule has 154 valence electrons. The van der Waals surface area contributed by atoms with Crippen LogP contribution < -0.4 is 10.1 Å². The maximum atomic E-state index is 12.9. The molecule has 0 aliphatic carbocycles. The summed E-state index contributed by atoms with van der Waals surface area (Å²) in [5.41, 5.74) is 4.44. The van der Waals surface area contributed by atoms with Crippen molar-refractivity contribution in [3.8, 4) is 5.75 Å². The van der Waals surface area contributed by atoms with Crippen molar-refractivity contribution in [2.45, 2.75) is 26.2 Å². The molecule has 2 aromatic heterocycles. The number of hydrogen-bond donors (Lipinski definition) is 2. The summed E-state index contributed by atoms with van der Waals surface area (Å²) in [6, 6.07) is 16.1. The van der Waals surface area contributed by atoms with Crippen LogP contribution in [-0.2, 0) is 6.42 Å². The number of para-hydroxylation sites is 1. The molecule has 0 bridgehead atoms. The number of nitrogens with one attached hydrogen (secondary N) is 2. The zero-order chi connectivity index (χ0) is 21.1. The minimum atomic E-state index is -0.163. The molecule has 1 unspecified atom stereocenters. The Morgan fingerprint density at radius 3 is 2.70 bits per heavy atom. The smallest absolute Gasteiger partial charge is 0.256 e. The van der Waals surface area contributed by atoms with Crippen LogP contribution in [0.5, 0.6) is 5.75 Å². The van der Waals surface area contributed by atoms with E-state index in [1.165, 1.54) is 0 Å². The third-order valence-electron chi connectivity index (χ3n) is 5.46. The van der Waals surface area contributed by atoms with Gasteiger partial charge in [0.05, 0.1) is 12.8 Å². The zero-order valence-corrected chi connectivity index (χ0v) is 17.4. The van der Waals surface area contributed by atoms with Gasteiger partial charge in [-0.3, -0.25) is 4.79 Å². The van der Waals surface area contributed by atoms with Gasteiger partial charge in [0.1, 0.15) is 17.1 Å². The number of ether oxygens (including phenoxy) is 1. The third-order valence-corrected chi connectivity index (χ3v) is 5.46. The number of carbonyl (C=O) groups is 1. The van der Waals surface area contributed by atoms with Gasteiger partial charge in [0.25, 0.3) is 5.91 Å². The average Bonchev–Trinajstić information content (AvgIpc) is 3.37. The molecule has 4 aromatic rings. The van der Waals surface area contributed by atoms with Gasteiger partial charge in [0, 0.05) is 36.0 Å². The molecule has 2 aromatic carbocycles. The first kappa shape index (κ1) is 19.8. The Balaban J connectivity index is 1.67. The Morgan fingerprint density at radius 1 is 1.20 bits per heavy atom. The largest absolute Gasteiger partial charge is 0.497 e. The van der Waals surface area contributed by atoms with E-state index in [2.05, 4.69) is 27.6 Å². The molecule has 2 heterocycles. The van der Waals surface area contributed by atoms with Crippen molar-refractivity contribution in [2.24, 2.45) is 0 Å². The molecule has 1 atom stereocenters. The van der Waals surface area contributed by atoms with Gasteiger partial charge in [0.15, 0.2) is 0 Å². The van der Waals surface area contributed by atoms with Gasteiger partial charge < -0.3 is 19.6 Å². The number of aromatic amines is 1. The van der Waals surface area contributed by atoms with Crippen molar-refractivity contribution in [1.82, 2.24) is 15.5 Å². The lowest BCUT2D eigenvalue weighted by Gasteiger charge is -2.18. The van der Waals surface area contributed by atoms with E-state index in [9.17, 15) is 4.79 Å². The number of amides is 1. The Bertz CT molecular complexity index is 1160. The fourth-order valence-electron chi connectivity index (χ4n) is 3.86. The normalized spacial score (nSPS) is 12.1. The summed E-state index contributed by atoms with van der Waals surface area (Å²) >= 11 is 0. The van der Waals surface area contributed by atoms with Crippen molar-refractivity contribution in [3.63, 3.8) is 0 Å². The van der Waals surface area contributed by atoms with Gasteiger partial charge in [-0.2, -0.15) is 0 Å². The summed E-state index contributed by atoms with van der Waals surface area (Å²) in [7, 11) is 1.65. The molecule has 0 fully saturated rings. The molecule has 2 N–H and O–H groups in total. The van der Waals surface area contributed by atoms with Gasteiger partial charge in [-0.25, -0.2) is 0 Å². The van der Waals surface area contributed by atoms with Crippen LogP contribution in [0.15, 0.2) is 59.3 Å². The first-order valence-corrected chi connectivity index (χ1v) is 10.1. The number of rotatable bonds is 7. The highest BCUT2D eigenvalue weighted by molar-refractivity contribution is 5.96. The standard InChI is InChI=1S/C24H25N3O3/c1-4-22-23(15(2)27-30-22)24(28)26-13-19(16-9-11-17(29-3)12-10-16)20-14-25-21-8-6-5-7-18(20)21/h5-12,14,19,25H,4,13H2,1-3H3,(H,26,28). The molecule has 1 amide bonds. The second-order valence-electron chi connectivity index (χ2n) is 7.25. The Morgan fingerprint density at radius 2 is 1.97 bits per heavy atom. The van der Waals surface area contributed by atoms with Crippen LogP contribution in [-0.4, -0.2) is 29.7 Å². The van der Waals surface area contributed by atoms with E-state index in [1.807, 2.05) is 49.5 Å². The van der Waals surface area contributed by atoms with Crippen LogP contribution in [0.4, 0.5) is 0 Å². The number of H-pyrrole nitrogens is 1. The van der Waals surface area contributed by atoms with E-state index in [0.29, 0.717) is 30.0 Å². The average molecular weight is 403 g/mol. The number of fused-ring (bicyclic) bond motifs is 1. The van der Waals surface area contributed by atoms with Gasteiger partial charge in [0.2, 0.25) is 0 Å². The summed E-state index contributed by atoms with van der Waals surface area (Å²) in [5, 5.41) is 8.19. The highest BCUT2D eigenvalue weighted by Crippen LogP contribution is 2.31. The Kier molecular flexibility index (Phi) is 5.57. The van der Waals surface area contributed by atoms with Crippen molar-refractivity contribution in [1.29, 1.82) is 0 Å². The van der Waals surface area contributed by atoms with Crippen LogP contribution >= 0.6 is 0 Å². The highest BCUT2D eigenvalue weighted by Gasteiger charge is 2.23. The molecule has 0 aliphatic heterocycles. The van der Waals surface area contributed by atoms with Crippen LogP contribution in [0.1, 0.15) is 45.8 Å². The SMILES string of the molecule is CCc1onc(C)c1C(=O)NCC(c1ccc(OC)cc1)c1c[nH]c2ccccc12. The molecule has 0 aliphatic rings. The van der Waals surface area contributed by atoms with Gasteiger partial charge in [-0.1, -0.05) is 42.4 Å². The van der Waals surface area contributed by atoms with E-state index in [1.54, 1.807) is 14.0 Å². The highest BCUT2D eigenvalue weighted by atomic mass is 16.5. The minimum absolute atomic E-state index is 0.0266. The minimum Gasteiger partial charge on any atom is -0.497 e. The second kappa shape index (κ2) is 8.45. The Labute approximate surface area is 175 Å². The van der Waals surface area contributed by atoms with Crippen molar-refractivity contribution in [2.75, 3.05) is 13.7 Å². The van der Waals surface area contributed by atoms with Crippen LogP contribution in [0.3, 0.4) is 0 Å². The molecular weight excluding hydrogens is 378 g/mol. The fourth-order valence-corrected chi connectivity index (χ4v) is 3.86. The second-order valence-corrected chi connectivity index (χ2v) is 7.25.